The molecular formula is C18H21N3O5. The third kappa shape index (κ3) is 4.40. The summed E-state index contributed by atoms with van der Waals surface area (Å²) >= 11 is 0. The van der Waals surface area contributed by atoms with E-state index in [-0.39, 0.29) is 12.6 Å². The molecule has 1 saturated heterocycles. The Balaban J connectivity index is 1.57. The van der Waals surface area contributed by atoms with Gasteiger partial charge >= 0.3 is 5.97 Å². The Morgan fingerprint density at radius 3 is 2.85 bits per heavy atom. The number of anilines is 1. The highest BCUT2D eigenvalue weighted by Crippen LogP contribution is 2.19. The Labute approximate surface area is 151 Å². The summed E-state index contributed by atoms with van der Waals surface area (Å²) in [4.78, 5) is 30.7. The van der Waals surface area contributed by atoms with Crippen LogP contribution in [0, 0.1) is 0 Å². The second kappa shape index (κ2) is 8.48. The molecule has 1 N–H and O–H groups in total. The molecule has 3 heterocycles. The van der Waals surface area contributed by atoms with Crippen molar-refractivity contribution in [1.29, 1.82) is 0 Å². The molecule has 0 aromatic carbocycles. The van der Waals surface area contributed by atoms with E-state index in [2.05, 4.69) is 10.3 Å². The van der Waals surface area contributed by atoms with Crippen molar-refractivity contribution in [2.24, 2.45) is 0 Å². The zero-order valence-corrected chi connectivity index (χ0v) is 14.5. The largest absolute Gasteiger partial charge is 0.467 e. The van der Waals surface area contributed by atoms with E-state index < -0.39 is 11.9 Å². The molecule has 8 nitrogen and oxygen atoms in total. The van der Waals surface area contributed by atoms with Gasteiger partial charge in [-0.2, -0.15) is 0 Å². The summed E-state index contributed by atoms with van der Waals surface area (Å²) in [5.41, 5.74) is 0.335. The fourth-order valence-corrected chi connectivity index (χ4v) is 2.68. The average molecular weight is 359 g/mol. The lowest BCUT2D eigenvalue weighted by atomic mass is 10.2. The first-order chi connectivity index (χ1) is 12.6. The van der Waals surface area contributed by atoms with Crippen LogP contribution < -0.4 is 10.2 Å². The SMILES string of the molecule is CC(NC(=O)COC(=O)c1cccnc1N1CCOCC1)c1ccco1. The molecule has 2 aromatic rings. The van der Waals surface area contributed by atoms with E-state index in [1.54, 1.807) is 37.4 Å². The standard InChI is InChI=1S/C18H21N3O5/c1-13(15-5-3-9-25-15)20-16(22)12-26-18(23)14-4-2-6-19-17(14)21-7-10-24-11-8-21/h2-6,9,13H,7-8,10-12H2,1H3,(H,20,22). The summed E-state index contributed by atoms with van der Waals surface area (Å²) < 4.78 is 15.7. The number of morpholine rings is 1. The molecule has 1 unspecified atom stereocenters. The molecule has 8 heteroatoms. The molecule has 2 aromatic heterocycles. The Bertz CT molecular complexity index is 741. The van der Waals surface area contributed by atoms with E-state index in [1.165, 1.54) is 6.26 Å². The van der Waals surface area contributed by atoms with Gasteiger partial charge in [-0.3, -0.25) is 4.79 Å². The minimum Gasteiger partial charge on any atom is -0.467 e. The Morgan fingerprint density at radius 1 is 1.31 bits per heavy atom. The fraction of sp³-hybridized carbons (Fsp3) is 0.389. The molecular weight excluding hydrogens is 338 g/mol. The van der Waals surface area contributed by atoms with Crippen LogP contribution in [0.15, 0.2) is 41.1 Å². The number of hydrogen-bond acceptors (Lipinski definition) is 7. The number of hydrogen-bond donors (Lipinski definition) is 1. The topological polar surface area (TPSA) is 93.9 Å². The third-order valence-corrected chi connectivity index (χ3v) is 4.00. The lowest BCUT2D eigenvalue weighted by Gasteiger charge is -2.28. The molecule has 0 spiro atoms. The van der Waals surface area contributed by atoms with Crippen molar-refractivity contribution in [3.8, 4) is 0 Å². The van der Waals surface area contributed by atoms with Crippen LogP contribution in [0.3, 0.4) is 0 Å². The van der Waals surface area contributed by atoms with Gasteiger partial charge in [0, 0.05) is 19.3 Å². The number of furan rings is 1. The summed E-state index contributed by atoms with van der Waals surface area (Å²) in [5.74, 6) is 0.191. The summed E-state index contributed by atoms with van der Waals surface area (Å²) in [6.07, 6.45) is 3.16. The molecule has 1 aliphatic rings. The third-order valence-electron chi connectivity index (χ3n) is 4.00. The van der Waals surface area contributed by atoms with Crippen molar-refractivity contribution in [1.82, 2.24) is 10.3 Å². The van der Waals surface area contributed by atoms with Gasteiger partial charge in [-0.15, -0.1) is 0 Å². The van der Waals surface area contributed by atoms with Gasteiger partial charge in [0.1, 0.15) is 17.1 Å². The zero-order chi connectivity index (χ0) is 18.4. The van der Waals surface area contributed by atoms with Crippen LogP contribution in [0.2, 0.25) is 0 Å². The van der Waals surface area contributed by atoms with Crippen molar-refractivity contribution in [2.75, 3.05) is 37.8 Å². The Hall–Kier alpha value is -2.87. The number of nitrogens with zero attached hydrogens (tertiary/aromatic N) is 2. The van der Waals surface area contributed by atoms with Gasteiger partial charge in [-0.05, 0) is 31.2 Å². The molecule has 0 saturated carbocycles. The van der Waals surface area contributed by atoms with Gasteiger partial charge in [0.2, 0.25) is 0 Å². The Kier molecular flexibility index (Phi) is 5.85. The summed E-state index contributed by atoms with van der Waals surface area (Å²) in [6.45, 7) is 3.88. The molecule has 0 aliphatic carbocycles. The highest BCUT2D eigenvalue weighted by molar-refractivity contribution is 5.96. The van der Waals surface area contributed by atoms with Gasteiger partial charge in [0.15, 0.2) is 6.61 Å². The minimum atomic E-state index is -0.583. The number of nitrogens with one attached hydrogen (secondary N) is 1. The number of aromatic nitrogens is 1. The van der Waals surface area contributed by atoms with Crippen LogP contribution in [-0.2, 0) is 14.3 Å². The molecule has 1 aliphatic heterocycles. The first kappa shape index (κ1) is 17.9. The molecule has 0 bridgehead atoms. The maximum atomic E-state index is 12.4. The van der Waals surface area contributed by atoms with Crippen molar-refractivity contribution >= 4 is 17.7 Å². The van der Waals surface area contributed by atoms with Crippen LogP contribution in [0.5, 0.6) is 0 Å². The highest BCUT2D eigenvalue weighted by atomic mass is 16.5. The second-order valence-corrected chi connectivity index (χ2v) is 5.85. The first-order valence-corrected chi connectivity index (χ1v) is 8.43. The summed E-state index contributed by atoms with van der Waals surface area (Å²) in [7, 11) is 0. The van der Waals surface area contributed by atoms with Crippen LogP contribution in [0.25, 0.3) is 0 Å². The molecule has 3 rings (SSSR count). The van der Waals surface area contributed by atoms with Gasteiger partial charge < -0.3 is 24.1 Å². The Morgan fingerprint density at radius 2 is 2.12 bits per heavy atom. The number of esters is 1. The number of carbonyl (C=O) groups is 2. The summed E-state index contributed by atoms with van der Waals surface area (Å²) in [5, 5.41) is 2.71. The predicted octanol–water partition coefficient (Wildman–Crippen LogP) is 1.55. The first-order valence-electron chi connectivity index (χ1n) is 8.43. The van der Waals surface area contributed by atoms with Crippen LogP contribution >= 0.6 is 0 Å². The van der Waals surface area contributed by atoms with E-state index in [0.717, 1.165) is 0 Å². The lowest BCUT2D eigenvalue weighted by Crippen LogP contribution is -2.38. The van der Waals surface area contributed by atoms with Crippen molar-refractivity contribution < 1.29 is 23.5 Å². The normalized spacial score (nSPS) is 15.3. The highest BCUT2D eigenvalue weighted by Gasteiger charge is 2.22. The molecule has 0 radical (unpaired) electrons. The van der Waals surface area contributed by atoms with Gasteiger partial charge in [-0.1, -0.05) is 0 Å². The van der Waals surface area contributed by atoms with E-state index >= 15 is 0 Å². The smallest absolute Gasteiger partial charge is 0.342 e. The van der Waals surface area contributed by atoms with E-state index in [4.69, 9.17) is 13.9 Å². The van der Waals surface area contributed by atoms with Crippen molar-refractivity contribution in [3.05, 3.63) is 48.0 Å². The molecule has 1 amide bonds. The van der Waals surface area contributed by atoms with E-state index in [9.17, 15) is 9.59 Å². The van der Waals surface area contributed by atoms with E-state index in [1.807, 2.05) is 4.90 Å². The number of amides is 1. The van der Waals surface area contributed by atoms with Crippen LogP contribution in [0.1, 0.15) is 29.1 Å². The zero-order valence-electron chi connectivity index (χ0n) is 14.5. The maximum absolute atomic E-state index is 12.4. The minimum absolute atomic E-state index is 0.307. The van der Waals surface area contributed by atoms with Gasteiger partial charge in [0.25, 0.3) is 5.91 Å². The average Bonchev–Trinajstić information content (AvgIpc) is 3.22. The van der Waals surface area contributed by atoms with E-state index in [0.29, 0.717) is 43.4 Å². The monoisotopic (exact) mass is 359 g/mol. The van der Waals surface area contributed by atoms with Crippen LogP contribution in [-0.4, -0.2) is 49.8 Å². The quantitative estimate of drug-likeness (QED) is 0.782. The molecule has 1 atom stereocenters. The number of carbonyl (C=O) groups excluding carboxylic acids is 2. The fourth-order valence-electron chi connectivity index (χ4n) is 2.68. The lowest BCUT2D eigenvalue weighted by molar-refractivity contribution is -0.125. The predicted molar refractivity (Wildman–Crippen MR) is 92.8 cm³/mol. The van der Waals surface area contributed by atoms with Crippen molar-refractivity contribution in [2.45, 2.75) is 13.0 Å². The number of ether oxygens (including phenoxy) is 2. The van der Waals surface area contributed by atoms with Gasteiger partial charge in [-0.25, -0.2) is 9.78 Å². The maximum Gasteiger partial charge on any atom is 0.342 e. The number of pyridine rings is 1. The van der Waals surface area contributed by atoms with Gasteiger partial charge in [0.05, 0.1) is 25.5 Å². The molecule has 1 fully saturated rings. The molecule has 26 heavy (non-hydrogen) atoms. The summed E-state index contributed by atoms with van der Waals surface area (Å²) in [6, 6.07) is 6.51. The van der Waals surface area contributed by atoms with Crippen LogP contribution in [0.4, 0.5) is 5.82 Å². The second-order valence-electron chi connectivity index (χ2n) is 5.85. The van der Waals surface area contributed by atoms with Crippen molar-refractivity contribution in [3.63, 3.8) is 0 Å². The molecule has 138 valence electrons. The number of rotatable bonds is 6.